The average Bonchev–Trinajstić information content (AvgIpc) is 2.13. The molecule has 0 saturated heterocycles. The molecule has 0 aromatic rings. The van der Waals surface area contributed by atoms with E-state index in [-0.39, 0.29) is 5.60 Å². The Bertz CT molecular complexity index is 129. The van der Waals surface area contributed by atoms with Crippen molar-refractivity contribution in [2.75, 3.05) is 7.11 Å². The topological polar surface area (TPSA) is 9.23 Å². The van der Waals surface area contributed by atoms with Crippen molar-refractivity contribution in [3.8, 4) is 0 Å². The van der Waals surface area contributed by atoms with E-state index in [1.807, 2.05) is 21.0 Å². The smallest absolute Gasteiger partial charge is 0.0681 e. The van der Waals surface area contributed by atoms with Crippen LogP contribution in [0.2, 0.25) is 0 Å². The van der Waals surface area contributed by atoms with Crippen molar-refractivity contribution in [2.24, 2.45) is 0 Å². The molecule has 1 rings (SSSR count). The summed E-state index contributed by atoms with van der Waals surface area (Å²) < 4.78 is 5.49. The van der Waals surface area contributed by atoms with E-state index in [0.29, 0.717) is 0 Å². The Morgan fingerprint density at radius 3 is 2.23 bits per heavy atom. The Hall–Kier alpha value is -0.300. The summed E-state index contributed by atoms with van der Waals surface area (Å²) in [5.74, 6) is 0. The van der Waals surface area contributed by atoms with E-state index < -0.39 is 0 Å². The molecule has 1 aliphatic rings. The summed E-state index contributed by atoms with van der Waals surface area (Å²) in [6.45, 7) is 6.07. The van der Waals surface area contributed by atoms with Gasteiger partial charge in [-0.05, 0) is 39.0 Å². The molecule has 0 atom stereocenters. The Kier molecular flexibility index (Phi) is 6.97. The molecule has 1 fully saturated rings. The third-order valence-corrected chi connectivity index (χ3v) is 2.70. The minimum absolute atomic E-state index is 0.263. The predicted octanol–water partition coefficient (Wildman–Crippen LogP) is 3.94. The third-order valence-electron chi connectivity index (χ3n) is 2.70. The second-order valence-corrected chi connectivity index (χ2v) is 3.35. The van der Waals surface area contributed by atoms with E-state index in [2.05, 4.69) is 19.1 Å². The number of allylic oxidation sites excluding steroid dienone is 2. The molecule has 0 aromatic carbocycles. The maximum absolute atomic E-state index is 5.49. The van der Waals surface area contributed by atoms with E-state index in [0.717, 1.165) is 0 Å². The highest BCUT2D eigenvalue weighted by Gasteiger charge is 2.35. The van der Waals surface area contributed by atoms with Crippen LogP contribution < -0.4 is 0 Å². The fourth-order valence-electron chi connectivity index (χ4n) is 1.64. The zero-order valence-electron chi connectivity index (χ0n) is 9.60. The molecule has 0 aromatic heterocycles. The Labute approximate surface area is 83.2 Å². The number of rotatable bonds is 4. The van der Waals surface area contributed by atoms with Gasteiger partial charge in [0.25, 0.3) is 0 Å². The molecule has 1 aliphatic carbocycles. The molecule has 0 spiro atoms. The molecule has 0 heterocycles. The van der Waals surface area contributed by atoms with Crippen LogP contribution in [0.25, 0.3) is 0 Å². The first kappa shape index (κ1) is 12.7. The van der Waals surface area contributed by atoms with Crippen LogP contribution in [0.4, 0.5) is 0 Å². The molecule has 0 N–H and O–H groups in total. The predicted molar refractivity (Wildman–Crippen MR) is 59.0 cm³/mol. The summed E-state index contributed by atoms with van der Waals surface area (Å²) in [5.41, 5.74) is 0.263. The van der Waals surface area contributed by atoms with Gasteiger partial charge in [-0.15, -0.1) is 0 Å². The highest BCUT2D eigenvalue weighted by atomic mass is 16.5. The van der Waals surface area contributed by atoms with Crippen LogP contribution in [0.15, 0.2) is 12.2 Å². The van der Waals surface area contributed by atoms with Gasteiger partial charge in [0, 0.05) is 7.11 Å². The van der Waals surface area contributed by atoms with Crippen LogP contribution in [0, 0.1) is 0 Å². The first-order valence-electron chi connectivity index (χ1n) is 5.49. The van der Waals surface area contributed by atoms with Crippen LogP contribution in [0.1, 0.15) is 52.9 Å². The second kappa shape index (κ2) is 7.14. The van der Waals surface area contributed by atoms with E-state index >= 15 is 0 Å². The summed E-state index contributed by atoms with van der Waals surface area (Å²) in [6, 6.07) is 0. The van der Waals surface area contributed by atoms with Crippen LogP contribution in [-0.2, 0) is 4.74 Å². The van der Waals surface area contributed by atoms with Crippen molar-refractivity contribution in [2.45, 2.75) is 58.5 Å². The maximum atomic E-state index is 5.49. The highest BCUT2D eigenvalue weighted by molar-refractivity contribution is 4.92. The largest absolute Gasteiger partial charge is 0.378 e. The van der Waals surface area contributed by atoms with Gasteiger partial charge in [-0.25, -0.2) is 0 Å². The number of ether oxygens (including phenoxy) is 1. The Morgan fingerprint density at radius 1 is 1.31 bits per heavy atom. The average molecular weight is 184 g/mol. The molecular formula is C12H24O. The molecule has 0 bridgehead atoms. The van der Waals surface area contributed by atoms with E-state index in [1.54, 1.807) is 0 Å². The zero-order valence-corrected chi connectivity index (χ0v) is 9.60. The molecule has 0 aliphatic heterocycles. The summed E-state index contributed by atoms with van der Waals surface area (Å²) >= 11 is 0. The molecule has 0 amide bonds. The molecule has 78 valence electrons. The minimum atomic E-state index is 0.263. The van der Waals surface area contributed by atoms with Crippen LogP contribution >= 0.6 is 0 Å². The normalized spacial score (nSPS) is 19.1. The van der Waals surface area contributed by atoms with Crippen molar-refractivity contribution >= 4 is 0 Å². The van der Waals surface area contributed by atoms with Gasteiger partial charge >= 0.3 is 0 Å². The minimum Gasteiger partial charge on any atom is -0.378 e. The first-order chi connectivity index (χ1) is 6.33. The van der Waals surface area contributed by atoms with Crippen molar-refractivity contribution in [1.82, 2.24) is 0 Å². The molecule has 0 radical (unpaired) electrons. The number of methoxy groups -OCH3 is 1. The summed E-state index contributed by atoms with van der Waals surface area (Å²) in [7, 11) is 1.84. The fourth-order valence-corrected chi connectivity index (χ4v) is 1.64. The first-order valence-corrected chi connectivity index (χ1v) is 5.49. The Balaban J connectivity index is 0.000000671. The summed E-state index contributed by atoms with van der Waals surface area (Å²) in [6.07, 6.45) is 10.6. The molecular weight excluding hydrogens is 160 g/mol. The molecule has 1 heteroatoms. The van der Waals surface area contributed by atoms with Crippen LogP contribution in [0.3, 0.4) is 0 Å². The highest BCUT2D eigenvalue weighted by Crippen LogP contribution is 2.38. The van der Waals surface area contributed by atoms with Gasteiger partial charge in [0.05, 0.1) is 5.60 Å². The van der Waals surface area contributed by atoms with Crippen molar-refractivity contribution in [1.29, 1.82) is 0 Å². The maximum Gasteiger partial charge on any atom is 0.0681 e. The quantitative estimate of drug-likeness (QED) is 0.601. The second-order valence-electron chi connectivity index (χ2n) is 3.35. The van der Waals surface area contributed by atoms with Gasteiger partial charge in [0.15, 0.2) is 0 Å². The molecule has 13 heavy (non-hydrogen) atoms. The molecule has 1 nitrogen and oxygen atoms in total. The lowest BCUT2D eigenvalue weighted by Gasteiger charge is -2.40. The third kappa shape index (κ3) is 3.95. The van der Waals surface area contributed by atoms with Crippen LogP contribution in [-0.4, -0.2) is 12.7 Å². The SMILES string of the molecule is C/C=C/CCC1(OC)CCC1.CC. The van der Waals surface area contributed by atoms with Crippen LogP contribution in [0.5, 0.6) is 0 Å². The van der Waals surface area contributed by atoms with Gasteiger partial charge in [-0.2, -0.15) is 0 Å². The molecule has 1 saturated carbocycles. The number of hydrogen-bond acceptors (Lipinski definition) is 1. The van der Waals surface area contributed by atoms with E-state index in [9.17, 15) is 0 Å². The van der Waals surface area contributed by atoms with Crippen molar-refractivity contribution in [3.05, 3.63) is 12.2 Å². The van der Waals surface area contributed by atoms with Gasteiger partial charge in [-0.3, -0.25) is 0 Å². The van der Waals surface area contributed by atoms with Gasteiger partial charge in [0.2, 0.25) is 0 Å². The van der Waals surface area contributed by atoms with Crippen molar-refractivity contribution < 1.29 is 4.74 Å². The lowest BCUT2D eigenvalue weighted by molar-refractivity contribution is -0.0767. The number of hydrogen-bond donors (Lipinski definition) is 0. The molecule has 0 unspecified atom stereocenters. The summed E-state index contributed by atoms with van der Waals surface area (Å²) in [5, 5.41) is 0. The lowest BCUT2D eigenvalue weighted by atomic mass is 9.77. The van der Waals surface area contributed by atoms with E-state index in [4.69, 9.17) is 4.74 Å². The van der Waals surface area contributed by atoms with Gasteiger partial charge in [0.1, 0.15) is 0 Å². The Morgan fingerprint density at radius 2 is 1.92 bits per heavy atom. The lowest BCUT2D eigenvalue weighted by Crippen LogP contribution is -2.38. The van der Waals surface area contributed by atoms with Gasteiger partial charge < -0.3 is 4.74 Å². The monoisotopic (exact) mass is 184 g/mol. The van der Waals surface area contributed by atoms with Crippen molar-refractivity contribution in [3.63, 3.8) is 0 Å². The standard InChI is InChI=1S/C10H18O.C2H6/c1-3-4-5-7-10(11-2)8-6-9-10;1-2/h3-4H,5-9H2,1-2H3;1-2H3/b4-3+;. The summed E-state index contributed by atoms with van der Waals surface area (Å²) in [4.78, 5) is 0. The van der Waals surface area contributed by atoms with E-state index in [1.165, 1.54) is 32.1 Å². The zero-order chi connectivity index (χ0) is 10.2. The fraction of sp³-hybridized carbons (Fsp3) is 0.833. The van der Waals surface area contributed by atoms with Gasteiger partial charge in [-0.1, -0.05) is 26.0 Å².